The molecule has 0 unspecified atom stereocenters. The Morgan fingerprint density at radius 3 is 2.57 bits per heavy atom. The zero-order chi connectivity index (χ0) is 19.3. The van der Waals surface area contributed by atoms with E-state index in [1.165, 1.54) is 0 Å². The number of halogens is 2. The van der Waals surface area contributed by atoms with Gasteiger partial charge in [0.15, 0.2) is 0 Å². The summed E-state index contributed by atoms with van der Waals surface area (Å²) in [6.45, 7) is 4.79. The first-order valence-corrected chi connectivity index (χ1v) is 10.7. The van der Waals surface area contributed by atoms with Crippen molar-refractivity contribution in [2.75, 3.05) is 43.4 Å². The molecule has 2 aromatic heterocycles. The van der Waals surface area contributed by atoms with Gasteiger partial charge in [-0.15, -0.1) is 10.2 Å². The van der Waals surface area contributed by atoms with E-state index >= 15 is 0 Å². The fourth-order valence-corrected chi connectivity index (χ4v) is 4.27. The molecule has 1 fully saturated rings. The Labute approximate surface area is 177 Å². The smallest absolute Gasteiger partial charge is 0.276 e. The Bertz CT molecular complexity index is 916. The van der Waals surface area contributed by atoms with Crippen molar-refractivity contribution in [3.05, 3.63) is 52.8 Å². The number of hydrogen-bond acceptors (Lipinski definition) is 7. The Hall–Kier alpha value is -1.80. The molecule has 3 heterocycles. The van der Waals surface area contributed by atoms with Crippen LogP contribution in [0.4, 0.5) is 5.69 Å². The summed E-state index contributed by atoms with van der Waals surface area (Å²) in [4.78, 5) is 8.72. The zero-order valence-corrected chi connectivity index (χ0v) is 17.4. The lowest BCUT2D eigenvalue weighted by atomic mass is 10.2. The third-order valence-corrected chi connectivity index (χ3v) is 6.22. The summed E-state index contributed by atoms with van der Waals surface area (Å²) in [7, 11) is 0. The molecular formula is C19H19Cl2N5OS. The molecule has 1 aliphatic rings. The molecule has 0 aliphatic carbocycles. The van der Waals surface area contributed by atoms with Gasteiger partial charge in [0.1, 0.15) is 0 Å². The number of aromatic nitrogens is 3. The highest BCUT2D eigenvalue weighted by Gasteiger charge is 2.20. The molecule has 0 amide bonds. The molecule has 146 valence electrons. The minimum absolute atomic E-state index is 0.525. The predicted molar refractivity (Wildman–Crippen MR) is 113 cm³/mol. The van der Waals surface area contributed by atoms with Crippen LogP contribution in [0.5, 0.6) is 0 Å². The Morgan fingerprint density at radius 2 is 1.79 bits per heavy atom. The van der Waals surface area contributed by atoms with E-state index in [9.17, 15) is 0 Å². The molecule has 9 heteroatoms. The van der Waals surface area contributed by atoms with Gasteiger partial charge in [0, 0.05) is 56.4 Å². The number of nitrogens with zero attached hydrogens (tertiary/aromatic N) is 5. The van der Waals surface area contributed by atoms with Crippen LogP contribution in [0.15, 0.2) is 52.4 Å². The van der Waals surface area contributed by atoms with Crippen LogP contribution in [0.1, 0.15) is 0 Å². The summed E-state index contributed by atoms with van der Waals surface area (Å²) in [5, 5.41) is 10.0. The van der Waals surface area contributed by atoms with E-state index in [2.05, 4.69) is 25.0 Å². The molecule has 28 heavy (non-hydrogen) atoms. The fraction of sp³-hybridized carbons (Fsp3) is 0.316. The van der Waals surface area contributed by atoms with Gasteiger partial charge >= 0.3 is 0 Å². The second-order valence-corrected chi connectivity index (χ2v) is 8.19. The van der Waals surface area contributed by atoms with Crippen molar-refractivity contribution < 1.29 is 4.42 Å². The zero-order valence-electron chi connectivity index (χ0n) is 15.1. The van der Waals surface area contributed by atoms with Gasteiger partial charge in [-0.3, -0.25) is 9.88 Å². The van der Waals surface area contributed by atoms with Gasteiger partial charge in [0.25, 0.3) is 5.22 Å². The maximum atomic E-state index is 6.34. The molecule has 1 aromatic carbocycles. The Kier molecular flexibility index (Phi) is 6.36. The first kappa shape index (κ1) is 19.5. The molecule has 0 bridgehead atoms. The second kappa shape index (κ2) is 9.13. The van der Waals surface area contributed by atoms with Crippen molar-refractivity contribution in [1.82, 2.24) is 20.1 Å². The summed E-state index contributed by atoms with van der Waals surface area (Å²) in [6.07, 6.45) is 3.42. The van der Waals surface area contributed by atoms with Gasteiger partial charge in [-0.25, -0.2) is 0 Å². The lowest BCUT2D eigenvalue weighted by Gasteiger charge is -2.36. The van der Waals surface area contributed by atoms with E-state index in [-0.39, 0.29) is 0 Å². The van der Waals surface area contributed by atoms with E-state index in [0.29, 0.717) is 21.2 Å². The highest BCUT2D eigenvalue weighted by atomic mass is 35.5. The molecule has 4 rings (SSSR count). The highest BCUT2D eigenvalue weighted by Crippen LogP contribution is 2.33. The van der Waals surface area contributed by atoms with E-state index in [4.69, 9.17) is 27.6 Å². The minimum Gasteiger partial charge on any atom is -0.411 e. The number of thioether (sulfide) groups is 1. The number of rotatable bonds is 6. The predicted octanol–water partition coefficient (Wildman–Crippen LogP) is 4.35. The molecule has 0 radical (unpaired) electrons. The third kappa shape index (κ3) is 4.60. The normalized spacial score (nSPS) is 15.1. The van der Waals surface area contributed by atoms with E-state index < -0.39 is 0 Å². The number of benzene rings is 1. The lowest BCUT2D eigenvalue weighted by Crippen LogP contribution is -2.47. The summed E-state index contributed by atoms with van der Waals surface area (Å²) >= 11 is 14.1. The average molecular weight is 436 g/mol. The van der Waals surface area contributed by atoms with E-state index in [1.807, 2.05) is 30.3 Å². The SMILES string of the molecule is Clc1cccc(N2CCN(CCSc3nnc(-c4ccncc4)o3)CC2)c1Cl. The number of hydrogen-bond donors (Lipinski definition) is 0. The summed E-state index contributed by atoms with van der Waals surface area (Å²) < 4.78 is 5.72. The molecule has 6 nitrogen and oxygen atoms in total. The van der Waals surface area contributed by atoms with Crippen LogP contribution in [-0.2, 0) is 0 Å². The molecule has 0 atom stereocenters. The topological polar surface area (TPSA) is 58.3 Å². The average Bonchev–Trinajstić information content (AvgIpc) is 3.20. The van der Waals surface area contributed by atoms with Crippen molar-refractivity contribution >= 4 is 40.7 Å². The quantitative estimate of drug-likeness (QED) is 0.533. The van der Waals surface area contributed by atoms with Crippen LogP contribution >= 0.6 is 35.0 Å². The number of pyridine rings is 1. The van der Waals surface area contributed by atoms with Crippen LogP contribution in [0.25, 0.3) is 11.5 Å². The first-order valence-electron chi connectivity index (χ1n) is 8.99. The van der Waals surface area contributed by atoms with E-state index in [1.54, 1.807) is 24.2 Å². The van der Waals surface area contributed by atoms with Gasteiger partial charge in [-0.1, -0.05) is 41.0 Å². The molecule has 0 spiro atoms. The van der Waals surface area contributed by atoms with Gasteiger partial charge in [0.2, 0.25) is 5.89 Å². The molecule has 3 aromatic rings. The van der Waals surface area contributed by atoms with Crippen LogP contribution < -0.4 is 4.90 Å². The van der Waals surface area contributed by atoms with Gasteiger partial charge in [-0.05, 0) is 24.3 Å². The number of piperazine rings is 1. The van der Waals surface area contributed by atoms with Crippen LogP contribution in [-0.4, -0.2) is 58.6 Å². The standard InChI is InChI=1S/C19H19Cl2N5OS/c20-15-2-1-3-16(17(15)21)26-10-8-25(9-11-26)12-13-28-19-24-23-18(27-19)14-4-6-22-7-5-14/h1-7H,8-13H2. The van der Waals surface area contributed by atoms with Crippen molar-refractivity contribution in [3.63, 3.8) is 0 Å². The number of anilines is 1. The van der Waals surface area contributed by atoms with Crippen molar-refractivity contribution in [1.29, 1.82) is 0 Å². The van der Waals surface area contributed by atoms with Gasteiger partial charge < -0.3 is 9.32 Å². The largest absolute Gasteiger partial charge is 0.411 e. The lowest BCUT2D eigenvalue weighted by molar-refractivity contribution is 0.273. The second-order valence-electron chi connectivity index (χ2n) is 6.36. The summed E-state index contributed by atoms with van der Waals surface area (Å²) in [5.74, 6) is 1.42. The maximum absolute atomic E-state index is 6.34. The monoisotopic (exact) mass is 435 g/mol. The van der Waals surface area contributed by atoms with Crippen LogP contribution in [0.3, 0.4) is 0 Å². The molecule has 0 saturated carbocycles. The first-order chi connectivity index (χ1) is 13.7. The minimum atomic E-state index is 0.525. The Morgan fingerprint density at radius 1 is 1.00 bits per heavy atom. The molecular weight excluding hydrogens is 417 g/mol. The van der Waals surface area contributed by atoms with Crippen molar-refractivity contribution in [2.24, 2.45) is 0 Å². The fourth-order valence-electron chi connectivity index (χ4n) is 3.09. The van der Waals surface area contributed by atoms with Gasteiger partial charge in [-0.2, -0.15) is 0 Å². The summed E-state index contributed by atoms with van der Waals surface area (Å²) in [6, 6.07) is 9.49. The van der Waals surface area contributed by atoms with Gasteiger partial charge in [0.05, 0.1) is 15.7 Å². The third-order valence-electron chi connectivity index (χ3n) is 4.61. The molecule has 0 N–H and O–H groups in total. The maximum Gasteiger partial charge on any atom is 0.276 e. The van der Waals surface area contributed by atoms with Crippen LogP contribution in [0.2, 0.25) is 10.0 Å². The Balaban J connectivity index is 1.24. The molecule has 1 saturated heterocycles. The van der Waals surface area contributed by atoms with E-state index in [0.717, 1.165) is 49.7 Å². The molecule has 1 aliphatic heterocycles. The highest BCUT2D eigenvalue weighted by molar-refractivity contribution is 7.99. The summed E-state index contributed by atoms with van der Waals surface area (Å²) in [5.41, 5.74) is 1.89. The van der Waals surface area contributed by atoms with Crippen molar-refractivity contribution in [2.45, 2.75) is 5.22 Å². The van der Waals surface area contributed by atoms with Crippen LogP contribution in [0, 0.1) is 0 Å². The van der Waals surface area contributed by atoms with Crippen molar-refractivity contribution in [3.8, 4) is 11.5 Å².